The summed E-state index contributed by atoms with van der Waals surface area (Å²) in [4.78, 5) is 0. The van der Waals surface area contributed by atoms with E-state index in [4.69, 9.17) is 0 Å². The summed E-state index contributed by atoms with van der Waals surface area (Å²) in [5, 5.41) is 1.20. The Hall–Kier alpha value is -0.0900. The molecule has 0 heterocycles. The normalized spacial score (nSPS) is 13.2. The minimum absolute atomic E-state index is 0.0158. The number of halogens is 1. The molecule has 0 N–H and O–H groups in total. The van der Waals surface area contributed by atoms with E-state index in [1.807, 2.05) is 6.08 Å². The van der Waals surface area contributed by atoms with Crippen molar-refractivity contribution < 1.29 is 8.42 Å². The highest BCUT2D eigenvalue weighted by molar-refractivity contribution is 9.10. The second kappa shape index (κ2) is 6.43. The average molecular weight is 253 g/mol. The van der Waals surface area contributed by atoms with Gasteiger partial charge >= 0.3 is 0 Å². The van der Waals surface area contributed by atoms with Crippen LogP contribution in [0.4, 0.5) is 0 Å². The molecule has 0 fully saturated rings. The molecule has 4 heteroatoms. The number of alkyl halides is 1. The van der Waals surface area contributed by atoms with Crippen LogP contribution in [-0.4, -0.2) is 13.1 Å². The Balaban J connectivity index is 3.92. The van der Waals surface area contributed by atoms with Crippen LogP contribution >= 0.6 is 15.9 Å². The predicted octanol–water partition coefficient (Wildman–Crippen LogP) is 2.62. The molecule has 0 amide bonds. The largest absolute Gasteiger partial charge is 0.223 e. The molecule has 0 bridgehead atoms. The minimum Gasteiger partial charge on any atom is -0.223 e. The van der Waals surface area contributed by atoms with Crippen molar-refractivity contribution in [1.29, 1.82) is 0 Å². The molecule has 0 aromatic heterocycles. The second-order valence-electron chi connectivity index (χ2n) is 2.32. The van der Waals surface area contributed by atoms with Gasteiger partial charge in [-0.15, -0.1) is 0 Å². The maximum absolute atomic E-state index is 10.9. The zero-order valence-electron chi connectivity index (χ0n) is 7.03. The van der Waals surface area contributed by atoms with Crippen LogP contribution in [0.15, 0.2) is 23.6 Å². The third-order valence-electron chi connectivity index (χ3n) is 1.14. The quantitative estimate of drug-likeness (QED) is 0.557. The van der Waals surface area contributed by atoms with E-state index in [9.17, 15) is 8.42 Å². The minimum atomic E-state index is -3.02. The molecule has 0 unspecified atom stereocenters. The van der Waals surface area contributed by atoms with Gasteiger partial charge in [0.1, 0.15) is 4.66 Å². The van der Waals surface area contributed by atoms with Crippen LogP contribution in [0.2, 0.25) is 0 Å². The van der Waals surface area contributed by atoms with Crippen LogP contribution in [-0.2, 0) is 9.84 Å². The van der Waals surface area contributed by atoms with Crippen LogP contribution in [0.5, 0.6) is 0 Å². The molecule has 0 rings (SSSR count). The lowest BCUT2D eigenvalue weighted by Crippen LogP contribution is -1.93. The van der Waals surface area contributed by atoms with Crippen LogP contribution in [0.25, 0.3) is 0 Å². The van der Waals surface area contributed by atoms with Crippen molar-refractivity contribution >= 4 is 25.8 Å². The first kappa shape index (κ1) is 11.9. The molecule has 0 saturated carbocycles. The van der Waals surface area contributed by atoms with Gasteiger partial charge in [0.25, 0.3) is 0 Å². The molecular weight excluding hydrogens is 240 g/mol. The predicted molar refractivity (Wildman–Crippen MR) is 55.9 cm³/mol. The number of allylic oxidation sites excluding steroid dienone is 3. The fourth-order valence-electron chi connectivity index (χ4n) is 0.543. The molecule has 0 aliphatic rings. The molecular formula is C8H13BrO2S. The van der Waals surface area contributed by atoms with Gasteiger partial charge in [0.2, 0.25) is 0 Å². The van der Waals surface area contributed by atoms with Gasteiger partial charge in [0.15, 0.2) is 9.84 Å². The highest BCUT2D eigenvalue weighted by atomic mass is 79.9. The molecule has 0 atom stereocenters. The number of sulfone groups is 1. The summed E-state index contributed by atoms with van der Waals surface area (Å²) in [7, 11) is -3.02. The number of hydrogen-bond donors (Lipinski definition) is 0. The van der Waals surface area contributed by atoms with Gasteiger partial charge in [0.05, 0.1) is 0 Å². The van der Waals surface area contributed by atoms with Gasteiger partial charge in [-0.3, -0.25) is 0 Å². The topological polar surface area (TPSA) is 34.1 Å². The fraction of sp³-hybridized carbons (Fsp3) is 0.500. The summed E-state index contributed by atoms with van der Waals surface area (Å²) in [6.07, 6.45) is 7.31. The molecule has 0 aliphatic heterocycles. The first-order chi connectivity index (χ1) is 5.62. The summed E-state index contributed by atoms with van der Waals surface area (Å²) in [6.45, 7) is 2.07. The average Bonchev–Trinajstić information content (AvgIpc) is 2.04. The van der Waals surface area contributed by atoms with Gasteiger partial charge in [-0.1, -0.05) is 47.5 Å². The van der Waals surface area contributed by atoms with E-state index in [0.717, 1.165) is 12.8 Å². The van der Waals surface area contributed by atoms with E-state index >= 15 is 0 Å². The lowest BCUT2D eigenvalue weighted by atomic mass is 10.3. The molecule has 0 aromatic rings. The van der Waals surface area contributed by atoms with Crippen LogP contribution in [0.1, 0.15) is 19.8 Å². The Labute approximate surface area is 82.4 Å². The molecule has 0 spiro atoms. The van der Waals surface area contributed by atoms with E-state index < -0.39 is 9.84 Å². The Bertz CT molecular complexity index is 252. The lowest BCUT2D eigenvalue weighted by Gasteiger charge is -1.86. The first-order valence-corrected chi connectivity index (χ1v) is 6.58. The summed E-state index contributed by atoms with van der Waals surface area (Å²) in [6, 6.07) is 0. The van der Waals surface area contributed by atoms with Gasteiger partial charge < -0.3 is 0 Å². The Morgan fingerprint density at radius 2 is 2.00 bits per heavy atom. The van der Waals surface area contributed by atoms with Crippen molar-refractivity contribution in [2.45, 2.75) is 19.8 Å². The molecule has 2 nitrogen and oxygen atoms in total. The van der Waals surface area contributed by atoms with Crippen molar-refractivity contribution in [3.63, 3.8) is 0 Å². The van der Waals surface area contributed by atoms with Crippen molar-refractivity contribution in [2.75, 3.05) is 4.66 Å². The number of rotatable bonds is 5. The maximum atomic E-state index is 10.9. The zero-order valence-corrected chi connectivity index (χ0v) is 9.44. The Kier molecular flexibility index (Phi) is 6.38. The van der Waals surface area contributed by atoms with E-state index in [1.54, 1.807) is 12.2 Å². The summed E-state index contributed by atoms with van der Waals surface area (Å²) < 4.78 is 21.7. The van der Waals surface area contributed by atoms with Crippen molar-refractivity contribution in [1.82, 2.24) is 0 Å². The summed E-state index contributed by atoms with van der Waals surface area (Å²) in [5.74, 6) is 0. The molecule has 12 heavy (non-hydrogen) atoms. The van der Waals surface area contributed by atoms with Crippen molar-refractivity contribution in [3.8, 4) is 0 Å². The smallest absolute Gasteiger partial charge is 0.181 e. The number of hydrogen-bond acceptors (Lipinski definition) is 2. The standard InChI is InChI=1S/C8H13BrO2S/c1-2-3-4-5-6-7-12(10,11)8-9/h4-7H,2-3,8H2,1H3/b5-4+,7-6+. The van der Waals surface area contributed by atoms with Gasteiger partial charge in [-0.2, -0.15) is 0 Å². The Morgan fingerprint density at radius 3 is 2.50 bits per heavy atom. The van der Waals surface area contributed by atoms with Crippen molar-refractivity contribution in [3.05, 3.63) is 23.6 Å². The van der Waals surface area contributed by atoms with E-state index in [-0.39, 0.29) is 4.66 Å². The van der Waals surface area contributed by atoms with Crippen LogP contribution in [0, 0.1) is 0 Å². The monoisotopic (exact) mass is 252 g/mol. The lowest BCUT2D eigenvalue weighted by molar-refractivity contribution is 0.609. The van der Waals surface area contributed by atoms with E-state index in [0.29, 0.717) is 0 Å². The van der Waals surface area contributed by atoms with E-state index in [1.165, 1.54) is 5.41 Å². The summed E-state index contributed by atoms with van der Waals surface area (Å²) in [5.41, 5.74) is 0. The van der Waals surface area contributed by atoms with E-state index in [2.05, 4.69) is 22.9 Å². The third-order valence-corrected chi connectivity index (χ3v) is 3.93. The summed E-state index contributed by atoms with van der Waals surface area (Å²) >= 11 is 2.89. The van der Waals surface area contributed by atoms with Crippen LogP contribution < -0.4 is 0 Å². The molecule has 0 aromatic carbocycles. The van der Waals surface area contributed by atoms with Gasteiger partial charge in [-0.25, -0.2) is 8.42 Å². The highest BCUT2D eigenvalue weighted by Gasteiger charge is 1.99. The highest BCUT2D eigenvalue weighted by Crippen LogP contribution is 1.98. The molecule has 0 radical (unpaired) electrons. The molecule has 0 saturated heterocycles. The zero-order chi connectivity index (χ0) is 9.45. The maximum Gasteiger partial charge on any atom is 0.181 e. The van der Waals surface area contributed by atoms with Gasteiger partial charge in [0, 0.05) is 5.41 Å². The van der Waals surface area contributed by atoms with Crippen LogP contribution in [0.3, 0.4) is 0 Å². The first-order valence-electron chi connectivity index (χ1n) is 3.74. The number of unbranched alkanes of at least 4 members (excludes halogenated alkanes) is 1. The fourth-order valence-corrected chi connectivity index (χ4v) is 1.40. The molecule has 0 aliphatic carbocycles. The second-order valence-corrected chi connectivity index (χ2v) is 5.51. The SMILES string of the molecule is CCC/C=C/C=C/S(=O)(=O)CBr. The Morgan fingerprint density at radius 1 is 1.33 bits per heavy atom. The van der Waals surface area contributed by atoms with Crippen molar-refractivity contribution in [2.24, 2.45) is 0 Å². The third kappa shape index (κ3) is 6.61. The van der Waals surface area contributed by atoms with Gasteiger partial charge in [-0.05, 0) is 6.42 Å². The molecule has 70 valence electrons.